The van der Waals surface area contributed by atoms with E-state index in [4.69, 9.17) is 26.2 Å². The van der Waals surface area contributed by atoms with Gasteiger partial charge in [-0.2, -0.15) is 27.0 Å². The van der Waals surface area contributed by atoms with Crippen LogP contribution in [-0.4, -0.2) is 53.2 Å². The van der Waals surface area contributed by atoms with Gasteiger partial charge in [0.25, 0.3) is 0 Å². The fraction of sp³-hybridized carbons (Fsp3) is 0.429. The summed E-state index contributed by atoms with van der Waals surface area (Å²) in [6.07, 6.45) is -1.78. The summed E-state index contributed by atoms with van der Waals surface area (Å²) in [6, 6.07) is 12.0. The second kappa shape index (κ2) is 13.3. The van der Waals surface area contributed by atoms with E-state index < -0.39 is 23.4 Å². The molecule has 3 N–H and O–H groups in total. The average molecular weight is 481 g/mol. The molecule has 0 unspecified atom stereocenters. The minimum absolute atomic E-state index is 0. The Morgan fingerprint density at radius 3 is 2.03 bits per heavy atom. The highest BCUT2D eigenvalue weighted by molar-refractivity contribution is 7.59. The highest BCUT2D eigenvalue weighted by atomic mass is 35.5. The standard InChI is InChI=1S/C21H26ClFO5.2H2S/c1-21(2,14-3-6-18(7-4-14)27-13-17(26)11-24)15-5-8-20(19(23)9-15)28-12-16(25)10-22;;/h3-9,16-17,24-26H,10-13H2,1-2H3;2*1H2/t16-,17+;;/m1../s1. The summed E-state index contributed by atoms with van der Waals surface area (Å²) in [5, 5.41) is 27.6. The third-order valence-electron chi connectivity index (χ3n) is 4.49. The van der Waals surface area contributed by atoms with E-state index in [1.165, 1.54) is 6.07 Å². The number of ether oxygens (including phenoxy) is 2. The minimum Gasteiger partial charge on any atom is -0.491 e. The quantitative estimate of drug-likeness (QED) is 0.455. The number of hydrogen-bond acceptors (Lipinski definition) is 5. The molecule has 0 radical (unpaired) electrons. The molecule has 0 aliphatic rings. The Kier molecular flexibility index (Phi) is 12.8. The molecule has 0 spiro atoms. The largest absolute Gasteiger partial charge is 0.491 e. The topological polar surface area (TPSA) is 79.2 Å². The van der Waals surface area contributed by atoms with Crippen molar-refractivity contribution >= 4 is 38.6 Å². The van der Waals surface area contributed by atoms with Crippen molar-refractivity contribution in [3.05, 3.63) is 59.4 Å². The van der Waals surface area contributed by atoms with Crippen LogP contribution < -0.4 is 9.47 Å². The molecule has 0 aliphatic heterocycles. The first kappa shape index (κ1) is 28.8. The third-order valence-corrected chi connectivity index (χ3v) is 4.85. The van der Waals surface area contributed by atoms with Gasteiger partial charge in [-0.3, -0.25) is 0 Å². The highest BCUT2D eigenvalue weighted by Crippen LogP contribution is 2.34. The highest BCUT2D eigenvalue weighted by Gasteiger charge is 2.24. The van der Waals surface area contributed by atoms with Crippen molar-refractivity contribution in [2.45, 2.75) is 31.5 Å². The van der Waals surface area contributed by atoms with Crippen molar-refractivity contribution in [1.29, 1.82) is 0 Å². The van der Waals surface area contributed by atoms with Gasteiger partial charge in [0.15, 0.2) is 11.6 Å². The molecule has 2 rings (SSSR count). The van der Waals surface area contributed by atoms with Crippen LogP contribution in [0.5, 0.6) is 11.5 Å². The molecular weight excluding hydrogens is 451 g/mol. The zero-order valence-corrected chi connectivity index (χ0v) is 19.7. The Bertz CT molecular complexity index is 762. The van der Waals surface area contributed by atoms with E-state index in [2.05, 4.69) is 0 Å². The van der Waals surface area contributed by atoms with Gasteiger partial charge in [-0.05, 0) is 35.4 Å². The molecule has 0 heterocycles. The summed E-state index contributed by atoms with van der Waals surface area (Å²) in [5.41, 5.74) is 1.24. The van der Waals surface area contributed by atoms with Crippen LogP contribution in [0, 0.1) is 5.82 Å². The Labute approximate surface area is 195 Å². The lowest BCUT2D eigenvalue weighted by atomic mass is 9.78. The molecule has 30 heavy (non-hydrogen) atoms. The molecule has 170 valence electrons. The SMILES string of the molecule is CC(C)(c1ccc(OC[C@@H](O)CO)cc1)c1ccc(OC[C@H](O)CCl)c(F)c1.S.S. The predicted octanol–water partition coefficient (Wildman–Crippen LogP) is 3.09. The molecule has 9 heteroatoms. The summed E-state index contributed by atoms with van der Waals surface area (Å²) in [5.74, 6) is 0.144. The third kappa shape index (κ3) is 7.83. The van der Waals surface area contributed by atoms with Crippen LogP contribution in [-0.2, 0) is 5.41 Å². The Morgan fingerprint density at radius 1 is 0.933 bits per heavy atom. The zero-order chi connectivity index (χ0) is 20.7. The maximum absolute atomic E-state index is 14.4. The van der Waals surface area contributed by atoms with Gasteiger partial charge in [0.05, 0.1) is 12.5 Å². The van der Waals surface area contributed by atoms with Gasteiger partial charge in [0.2, 0.25) is 0 Å². The van der Waals surface area contributed by atoms with Gasteiger partial charge >= 0.3 is 0 Å². The molecule has 0 bridgehead atoms. The smallest absolute Gasteiger partial charge is 0.165 e. The van der Waals surface area contributed by atoms with Crippen LogP contribution >= 0.6 is 38.6 Å². The normalized spacial score (nSPS) is 12.9. The van der Waals surface area contributed by atoms with E-state index in [0.29, 0.717) is 5.75 Å². The second-order valence-corrected chi connectivity index (χ2v) is 7.37. The molecule has 2 atom stereocenters. The molecule has 0 saturated carbocycles. The van der Waals surface area contributed by atoms with Crippen molar-refractivity contribution in [2.24, 2.45) is 0 Å². The summed E-state index contributed by atoms with van der Waals surface area (Å²) < 4.78 is 25.1. The lowest BCUT2D eigenvalue weighted by molar-refractivity contribution is 0.0536. The Hall–Kier alpha value is -1.16. The lowest BCUT2D eigenvalue weighted by Gasteiger charge is -2.27. The number of halogens is 2. The summed E-state index contributed by atoms with van der Waals surface area (Å²) in [4.78, 5) is 0. The Balaban J connectivity index is 0.00000420. The fourth-order valence-electron chi connectivity index (χ4n) is 2.62. The van der Waals surface area contributed by atoms with Crippen LogP contribution in [0.4, 0.5) is 4.39 Å². The minimum atomic E-state index is -0.926. The number of aliphatic hydroxyl groups excluding tert-OH is 3. The van der Waals surface area contributed by atoms with E-state index in [0.717, 1.165) is 11.1 Å². The molecule has 2 aromatic rings. The first-order valence-corrected chi connectivity index (χ1v) is 9.50. The van der Waals surface area contributed by atoms with Crippen LogP contribution in [0.2, 0.25) is 0 Å². The van der Waals surface area contributed by atoms with Gasteiger partial charge in [-0.1, -0.05) is 32.0 Å². The Morgan fingerprint density at radius 2 is 1.50 bits per heavy atom. The lowest BCUT2D eigenvalue weighted by Crippen LogP contribution is -2.22. The van der Waals surface area contributed by atoms with Crippen LogP contribution in [0.25, 0.3) is 0 Å². The van der Waals surface area contributed by atoms with Crippen LogP contribution in [0.15, 0.2) is 42.5 Å². The predicted molar refractivity (Wildman–Crippen MR) is 127 cm³/mol. The van der Waals surface area contributed by atoms with Gasteiger partial charge in [-0.15, -0.1) is 11.6 Å². The zero-order valence-electron chi connectivity index (χ0n) is 16.9. The van der Waals surface area contributed by atoms with E-state index >= 15 is 0 Å². The number of aliphatic hydroxyl groups is 3. The van der Waals surface area contributed by atoms with E-state index in [1.54, 1.807) is 24.3 Å². The molecule has 0 aliphatic carbocycles. The molecule has 0 amide bonds. The van der Waals surface area contributed by atoms with Crippen molar-refractivity contribution in [3.8, 4) is 11.5 Å². The summed E-state index contributed by atoms with van der Waals surface area (Å²) in [7, 11) is 0. The fourth-order valence-corrected chi connectivity index (χ4v) is 2.71. The summed E-state index contributed by atoms with van der Waals surface area (Å²) >= 11 is 5.51. The van der Waals surface area contributed by atoms with Gasteiger partial charge < -0.3 is 24.8 Å². The van der Waals surface area contributed by atoms with Crippen molar-refractivity contribution in [2.75, 3.05) is 25.7 Å². The molecular formula is C21H30ClFO5S2. The maximum atomic E-state index is 14.4. The number of alkyl halides is 1. The molecule has 0 aromatic heterocycles. The van der Waals surface area contributed by atoms with Crippen LogP contribution in [0.1, 0.15) is 25.0 Å². The number of benzene rings is 2. The first-order chi connectivity index (χ1) is 13.3. The van der Waals surface area contributed by atoms with Gasteiger partial charge in [0, 0.05) is 5.41 Å². The van der Waals surface area contributed by atoms with Crippen LogP contribution in [0.3, 0.4) is 0 Å². The average Bonchev–Trinajstić information content (AvgIpc) is 2.70. The van der Waals surface area contributed by atoms with E-state index in [9.17, 15) is 14.6 Å². The molecule has 2 aromatic carbocycles. The van der Waals surface area contributed by atoms with Gasteiger partial charge in [0.1, 0.15) is 31.2 Å². The van der Waals surface area contributed by atoms with Crippen molar-refractivity contribution in [1.82, 2.24) is 0 Å². The van der Waals surface area contributed by atoms with Gasteiger partial charge in [-0.25, -0.2) is 4.39 Å². The molecule has 0 fully saturated rings. The van der Waals surface area contributed by atoms with E-state index in [-0.39, 0.29) is 58.4 Å². The van der Waals surface area contributed by atoms with E-state index in [1.807, 2.05) is 26.0 Å². The second-order valence-electron chi connectivity index (χ2n) is 7.06. The van der Waals surface area contributed by atoms with Crippen molar-refractivity contribution in [3.63, 3.8) is 0 Å². The maximum Gasteiger partial charge on any atom is 0.165 e. The first-order valence-electron chi connectivity index (χ1n) is 8.97. The summed E-state index contributed by atoms with van der Waals surface area (Å²) in [6.45, 7) is 3.52. The molecule has 0 saturated heterocycles. The monoisotopic (exact) mass is 480 g/mol. The number of rotatable bonds is 10. The van der Waals surface area contributed by atoms with Crippen molar-refractivity contribution < 1.29 is 29.2 Å². The number of hydrogen-bond donors (Lipinski definition) is 3. The molecule has 5 nitrogen and oxygen atoms in total.